The van der Waals surface area contributed by atoms with Gasteiger partial charge in [0.05, 0.1) is 17.5 Å². The summed E-state index contributed by atoms with van der Waals surface area (Å²) >= 11 is 6.58. The van der Waals surface area contributed by atoms with Crippen molar-refractivity contribution in [2.45, 2.75) is 95.6 Å². The Morgan fingerprint density at radius 1 is 1.04 bits per heavy atom. The Morgan fingerprint density at radius 3 is 2.54 bits per heavy atom. The second-order valence-corrected chi connectivity index (χ2v) is 11.9. The lowest BCUT2D eigenvalue weighted by molar-refractivity contribution is -0.143. The van der Waals surface area contributed by atoms with Gasteiger partial charge in [-0.2, -0.15) is 0 Å². The van der Waals surface area contributed by atoms with Crippen molar-refractivity contribution in [2.75, 3.05) is 13.1 Å². The van der Waals surface area contributed by atoms with Crippen molar-refractivity contribution in [2.24, 2.45) is 34.5 Å². The lowest BCUT2D eigenvalue weighted by atomic mass is 9.45. The summed E-state index contributed by atoms with van der Waals surface area (Å²) in [4.78, 5) is 16.1. The van der Waals surface area contributed by atoms with E-state index in [1.807, 2.05) is 0 Å². The molecule has 4 heteroatoms. The Balaban J connectivity index is 1.41. The molecule has 0 aromatic heterocycles. The molecule has 5 rings (SSSR count). The maximum atomic E-state index is 13.6. The van der Waals surface area contributed by atoms with E-state index in [1.165, 1.54) is 38.5 Å². The van der Waals surface area contributed by atoms with E-state index in [9.17, 15) is 9.90 Å². The fourth-order valence-corrected chi connectivity index (χ4v) is 9.00. The summed E-state index contributed by atoms with van der Waals surface area (Å²) in [7, 11) is 0. The van der Waals surface area contributed by atoms with Crippen molar-refractivity contribution in [3.8, 4) is 0 Å². The van der Waals surface area contributed by atoms with Crippen LogP contribution in [0, 0.1) is 34.5 Å². The molecule has 1 saturated heterocycles. The number of rotatable bonds is 1. The van der Waals surface area contributed by atoms with Crippen LogP contribution in [0.25, 0.3) is 0 Å². The zero-order chi connectivity index (χ0) is 19.7. The molecule has 1 heterocycles. The maximum absolute atomic E-state index is 13.6. The quantitative estimate of drug-likeness (QED) is 0.643. The summed E-state index contributed by atoms with van der Waals surface area (Å²) in [5, 5.41) is 10.3. The van der Waals surface area contributed by atoms with Crippen LogP contribution >= 0.6 is 11.6 Å². The van der Waals surface area contributed by atoms with Crippen molar-refractivity contribution in [1.29, 1.82) is 0 Å². The number of nitrogens with zero attached hydrogens (tertiary/aromatic N) is 1. The first-order valence-electron chi connectivity index (χ1n) is 11.9. The number of carbonyl (C=O) groups excluding carboxylic acids is 1. The number of likely N-dealkylation sites (tertiary alicyclic amines) is 1. The van der Waals surface area contributed by atoms with Crippen LogP contribution < -0.4 is 0 Å². The van der Waals surface area contributed by atoms with Crippen LogP contribution in [0.5, 0.6) is 0 Å². The number of Topliss-reactive ketones (excluding diaryl/α,β-unsaturated/α-hetero) is 1. The zero-order valence-electron chi connectivity index (χ0n) is 17.7. The molecule has 5 aliphatic rings. The molecule has 3 nitrogen and oxygen atoms in total. The Labute approximate surface area is 175 Å². The van der Waals surface area contributed by atoms with Crippen molar-refractivity contribution < 1.29 is 9.90 Å². The Kier molecular flexibility index (Phi) is 4.92. The van der Waals surface area contributed by atoms with Crippen LogP contribution in [0.15, 0.2) is 0 Å². The monoisotopic (exact) mass is 407 g/mol. The molecule has 0 amide bonds. The molecule has 28 heavy (non-hydrogen) atoms. The second-order valence-electron chi connectivity index (χ2n) is 11.3. The summed E-state index contributed by atoms with van der Waals surface area (Å²) < 4.78 is 0. The summed E-state index contributed by atoms with van der Waals surface area (Å²) in [6.07, 6.45) is 11.2. The van der Waals surface area contributed by atoms with Crippen molar-refractivity contribution in [3.63, 3.8) is 0 Å². The van der Waals surface area contributed by atoms with Crippen LogP contribution in [0.2, 0.25) is 0 Å². The average molecular weight is 408 g/mol. The van der Waals surface area contributed by atoms with Gasteiger partial charge in [0.1, 0.15) is 0 Å². The van der Waals surface area contributed by atoms with Crippen LogP contribution in [0.1, 0.15) is 78.1 Å². The molecule has 1 aliphatic heterocycles. The van der Waals surface area contributed by atoms with Gasteiger partial charge in [-0.15, -0.1) is 11.6 Å². The van der Waals surface area contributed by atoms with Crippen molar-refractivity contribution in [1.82, 2.24) is 4.90 Å². The number of alkyl halides is 1. The molecule has 1 N–H and O–H groups in total. The molecule has 158 valence electrons. The molecular formula is C24H38ClNO2. The fraction of sp³-hybridized carbons (Fsp3) is 0.958. The first-order chi connectivity index (χ1) is 13.3. The molecule has 0 spiro atoms. The third-order valence-corrected chi connectivity index (χ3v) is 10.7. The van der Waals surface area contributed by atoms with Crippen LogP contribution in [0.4, 0.5) is 0 Å². The second kappa shape index (κ2) is 6.95. The summed E-state index contributed by atoms with van der Waals surface area (Å²) in [5.41, 5.74) is 0.156. The first kappa shape index (κ1) is 19.8. The van der Waals surface area contributed by atoms with Gasteiger partial charge < -0.3 is 5.11 Å². The predicted octanol–water partition coefficient (Wildman–Crippen LogP) is 4.64. The van der Waals surface area contributed by atoms with E-state index in [1.54, 1.807) is 0 Å². The van der Waals surface area contributed by atoms with Gasteiger partial charge in [-0.25, -0.2) is 0 Å². The molecule has 4 aliphatic carbocycles. The number of halogens is 1. The average Bonchev–Trinajstić information content (AvgIpc) is 2.95. The highest BCUT2D eigenvalue weighted by Gasteiger charge is 2.63. The third kappa shape index (κ3) is 2.78. The summed E-state index contributed by atoms with van der Waals surface area (Å²) in [6, 6.07) is 0.188. The van der Waals surface area contributed by atoms with Crippen LogP contribution in [0.3, 0.4) is 0 Å². The minimum Gasteiger partial charge on any atom is -0.392 e. The van der Waals surface area contributed by atoms with E-state index in [2.05, 4.69) is 18.7 Å². The number of aliphatic hydroxyl groups excluding tert-OH is 1. The minimum atomic E-state index is -0.332. The Morgan fingerprint density at radius 2 is 1.79 bits per heavy atom. The Bertz CT molecular complexity index is 634. The maximum Gasteiger partial charge on any atom is 0.156 e. The van der Waals surface area contributed by atoms with Gasteiger partial charge in [0.25, 0.3) is 0 Å². The zero-order valence-corrected chi connectivity index (χ0v) is 18.5. The minimum absolute atomic E-state index is 0.0962. The number of aliphatic hydroxyl groups is 1. The highest BCUT2D eigenvalue weighted by molar-refractivity contribution is 6.21. The number of piperidine rings is 1. The van der Waals surface area contributed by atoms with Gasteiger partial charge >= 0.3 is 0 Å². The van der Waals surface area contributed by atoms with Crippen molar-refractivity contribution >= 4 is 17.4 Å². The lowest BCUT2D eigenvalue weighted by Gasteiger charge is -2.60. The van der Waals surface area contributed by atoms with E-state index in [4.69, 9.17) is 11.6 Å². The van der Waals surface area contributed by atoms with Gasteiger partial charge in [0.15, 0.2) is 5.78 Å². The molecule has 0 radical (unpaired) electrons. The molecule has 0 unspecified atom stereocenters. The molecule has 4 saturated carbocycles. The fourth-order valence-electron chi connectivity index (χ4n) is 8.57. The van der Waals surface area contributed by atoms with E-state index >= 15 is 0 Å². The molecule has 0 aromatic rings. The van der Waals surface area contributed by atoms with E-state index in [0.717, 1.165) is 38.8 Å². The molecule has 9 atom stereocenters. The molecular weight excluding hydrogens is 370 g/mol. The topological polar surface area (TPSA) is 40.5 Å². The number of hydrogen-bond donors (Lipinski definition) is 1. The highest BCUT2D eigenvalue weighted by Crippen LogP contribution is 2.66. The molecule has 5 fully saturated rings. The van der Waals surface area contributed by atoms with Gasteiger partial charge in [0, 0.05) is 5.41 Å². The largest absolute Gasteiger partial charge is 0.392 e. The number of ketones is 1. The number of hydrogen-bond acceptors (Lipinski definition) is 3. The van der Waals surface area contributed by atoms with E-state index in [0.29, 0.717) is 29.5 Å². The number of carbonyl (C=O) groups is 1. The summed E-state index contributed by atoms with van der Waals surface area (Å²) in [6.45, 7) is 7.03. The molecule has 0 aromatic carbocycles. The standard InChI is InChI=1S/C24H38ClNO2/c1-23-9-8-17-16(7-6-15-12-21(27)19(25)14-24(15,17)2)18(23)13-20(22(23)28)26-10-4-3-5-11-26/h15-21,27H,3-14H2,1-2H3/t15-,16+,17-,18-,19-,20-,21-,23-,24-/m0/s1. The lowest BCUT2D eigenvalue weighted by Crippen LogP contribution is -2.56. The first-order valence-corrected chi connectivity index (χ1v) is 12.4. The van der Waals surface area contributed by atoms with E-state index < -0.39 is 0 Å². The highest BCUT2D eigenvalue weighted by atomic mass is 35.5. The third-order valence-electron chi connectivity index (χ3n) is 10.2. The van der Waals surface area contributed by atoms with Crippen molar-refractivity contribution in [3.05, 3.63) is 0 Å². The smallest absolute Gasteiger partial charge is 0.156 e. The van der Waals surface area contributed by atoms with Gasteiger partial charge in [-0.3, -0.25) is 9.69 Å². The molecule has 0 bridgehead atoms. The summed E-state index contributed by atoms with van der Waals surface area (Å²) in [5.74, 6) is 3.10. The Hall–Kier alpha value is -0.120. The van der Waals surface area contributed by atoms with Gasteiger partial charge in [-0.1, -0.05) is 20.3 Å². The van der Waals surface area contributed by atoms with Crippen LogP contribution in [-0.4, -0.2) is 46.4 Å². The van der Waals surface area contributed by atoms with Crippen LogP contribution in [-0.2, 0) is 4.79 Å². The normalized spacial score (nSPS) is 54.7. The van der Waals surface area contributed by atoms with E-state index in [-0.39, 0.29) is 28.4 Å². The SMILES string of the molecule is C[C@]12C[C@H](Cl)[C@@H](O)C[C@@H]1CC[C@@H]1[C@@H]2CC[C@]2(C)C(=O)[C@@H](N3CCCCC3)C[C@@H]12. The van der Waals surface area contributed by atoms with Gasteiger partial charge in [0.2, 0.25) is 0 Å². The number of fused-ring (bicyclic) bond motifs is 5. The van der Waals surface area contributed by atoms with Gasteiger partial charge in [-0.05, 0) is 100.0 Å². The predicted molar refractivity (Wildman–Crippen MR) is 112 cm³/mol.